The number of nitrogens with one attached hydrogen (secondary N) is 1. The van der Waals surface area contributed by atoms with Crippen LogP contribution in [0.1, 0.15) is 49.7 Å². The lowest BCUT2D eigenvalue weighted by Gasteiger charge is -2.35. The molecule has 4 rings (SSSR count). The average molecular weight is 479 g/mol. The van der Waals surface area contributed by atoms with Gasteiger partial charge < -0.3 is 15.2 Å². The number of carbonyl (C=O) groups is 1. The summed E-state index contributed by atoms with van der Waals surface area (Å²) in [4.78, 5) is 13.4. The maximum absolute atomic E-state index is 13.4. The summed E-state index contributed by atoms with van der Waals surface area (Å²) in [5.41, 5.74) is 4.63. The van der Waals surface area contributed by atoms with E-state index in [0.29, 0.717) is 40.8 Å². The Balaban J connectivity index is 1.83. The van der Waals surface area contributed by atoms with E-state index in [-0.39, 0.29) is 17.5 Å². The lowest BCUT2D eigenvalue weighted by atomic mass is 9.72. The number of aromatic hydroxyl groups is 1. The molecule has 5 nitrogen and oxygen atoms in total. The number of halogens is 1. The first-order chi connectivity index (χ1) is 14.9. The predicted molar refractivity (Wildman–Crippen MR) is 122 cm³/mol. The van der Waals surface area contributed by atoms with Gasteiger partial charge in [-0.1, -0.05) is 30.3 Å². The highest BCUT2D eigenvalue weighted by Gasteiger charge is 2.39. The first-order valence-electron chi connectivity index (χ1n) is 10.3. The van der Waals surface area contributed by atoms with Gasteiger partial charge in [-0.2, -0.15) is 5.26 Å². The van der Waals surface area contributed by atoms with Crippen LogP contribution in [0.2, 0.25) is 0 Å². The van der Waals surface area contributed by atoms with Crippen molar-refractivity contribution in [2.24, 2.45) is 0 Å². The van der Waals surface area contributed by atoms with Crippen molar-refractivity contribution in [1.29, 1.82) is 5.26 Å². The largest absolute Gasteiger partial charge is 0.503 e. The number of Topliss-reactive ketones (excluding diaryl/α,β-unsaturated/α-hetero) is 1. The van der Waals surface area contributed by atoms with E-state index < -0.39 is 5.92 Å². The van der Waals surface area contributed by atoms with E-state index in [0.717, 1.165) is 22.5 Å². The molecule has 0 saturated carbocycles. The molecule has 0 amide bonds. The molecule has 2 aliphatic rings. The van der Waals surface area contributed by atoms with Crippen molar-refractivity contribution in [2.45, 2.75) is 38.5 Å². The molecule has 1 aliphatic carbocycles. The molecule has 0 bridgehead atoms. The van der Waals surface area contributed by atoms with Gasteiger partial charge in [0.2, 0.25) is 0 Å². The molecule has 2 atom stereocenters. The lowest BCUT2D eigenvalue weighted by Crippen LogP contribution is -2.33. The van der Waals surface area contributed by atoms with Gasteiger partial charge in [0.15, 0.2) is 17.3 Å². The first-order valence-corrected chi connectivity index (χ1v) is 11.1. The van der Waals surface area contributed by atoms with Gasteiger partial charge in [0.25, 0.3) is 0 Å². The number of hydrogen-bond donors (Lipinski definition) is 2. The fraction of sp³-hybridized carbons (Fsp3) is 0.280. The maximum atomic E-state index is 13.4. The van der Waals surface area contributed by atoms with Crippen molar-refractivity contribution in [3.8, 4) is 17.6 Å². The Morgan fingerprint density at radius 3 is 2.65 bits per heavy atom. The number of carbonyl (C=O) groups excluding carboxylic acids is 1. The van der Waals surface area contributed by atoms with Crippen molar-refractivity contribution in [3.63, 3.8) is 0 Å². The minimum Gasteiger partial charge on any atom is -0.503 e. The highest BCUT2D eigenvalue weighted by atomic mass is 79.9. The van der Waals surface area contributed by atoms with Gasteiger partial charge in [0, 0.05) is 23.4 Å². The molecule has 1 aliphatic heterocycles. The molecule has 0 spiro atoms. The van der Waals surface area contributed by atoms with E-state index in [9.17, 15) is 15.2 Å². The van der Waals surface area contributed by atoms with Crippen molar-refractivity contribution in [1.82, 2.24) is 5.32 Å². The molecule has 6 heteroatoms. The predicted octanol–water partition coefficient (Wildman–Crippen LogP) is 5.44. The van der Waals surface area contributed by atoms with Crippen molar-refractivity contribution < 1.29 is 14.6 Å². The summed E-state index contributed by atoms with van der Waals surface area (Å²) in [6.07, 6.45) is 1.10. The number of allylic oxidation sites excluding steroid dienone is 4. The van der Waals surface area contributed by atoms with E-state index in [1.54, 1.807) is 12.1 Å². The number of phenolic OH excluding ortho intramolecular Hbond substituents is 1. The number of dihydropyridines is 1. The summed E-state index contributed by atoms with van der Waals surface area (Å²) >= 11 is 3.39. The molecule has 2 unspecified atom stereocenters. The van der Waals surface area contributed by atoms with E-state index in [2.05, 4.69) is 39.4 Å². The second-order valence-electron chi connectivity index (χ2n) is 7.82. The Morgan fingerprint density at radius 2 is 1.97 bits per heavy atom. The molecule has 0 aromatic heterocycles. The Kier molecular flexibility index (Phi) is 5.88. The fourth-order valence-electron chi connectivity index (χ4n) is 4.51. The van der Waals surface area contributed by atoms with Gasteiger partial charge in [0.1, 0.15) is 0 Å². The van der Waals surface area contributed by atoms with Crippen LogP contribution in [0.3, 0.4) is 0 Å². The topological polar surface area (TPSA) is 82.3 Å². The van der Waals surface area contributed by atoms with Crippen LogP contribution in [0.4, 0.5) is 0 Å². The number of phenols is 1. The van der Waals surface area contributed by atoms with Crippen LogP contribution in [0.25, 0.3) is 0 Å². The average Bonchev–Trinajstić information content (AvgIpc) is 2.76. The summed E-state index contributed by atoms with van der Waals surface area (Å²) < 4.78 is 6.05. The summed E-state index contributed by atoms with van der Waals surface area (Å²) in [5, 5.41) is 23.6. The number of benzene rings is 2. The van der Waals surface area contributed by atoms with Crippen molar-refractivity contribution in [3.05, 3.63) is 80.6 Å². The minimum atomic E-state index is -0.499. The molecule has 1 heterocycles. The zero-order valence-corrected chi connectivity index (χ0v) is 19.0. The summed E-state index contributed by atoms with van der Waals surface area (Å²) in [6.45, 7) is 4.09. The number of nitriles is 1. The number of hydrogen-bond acceptors (Lipinski definition) is 5. The van der Waals surface area contributed by atoms with Crippen LogP contribution in [0.5, 0.6) is 11.5 Å². The van der Waals surface area contributed by atoms with Gasteiger partial charge in [-0.05, 0) is 65.4 Å². The molecule has 0 saturated heterocycles. The highest BCUT2D eigenvalue weighted by molar-refractivity contribution is 9.10. The van der Waals surface area contributed by atoms with Gasteiger partial charge in [-0.25, -0.2) is 0 Å². The Morgan fingerprint density at radius 1 is 1.23 bits per heavy atom. The third-order valence-corrected chi connectivity index (χ3v) is 6.51. The van der Waals surface area contributed by atoms with Crippen molar-refractivity contribution in [2.75, 3.05) is 6.61 Å². The van der Waals surface area contributed by atoms with Crippen LogP contribution < -0.4 is 10.1 Å². The van der Waals surface area contributed by atoms with Gasteiger partial charge in [0.05, 0.1) is 28.6 Å². The standard InChI is InChI=1S/C25H23BrN2O3/c1-3-31-22-12-17(9-19(26)25(22)30)23-18(13-27)14(2)28-20-10-16(11-21(29)24(20)23)15-7-5-4-6-8-15/h4-9,12,16,23,28,30H,3,10-11H2,1-2H3. The Hall–Kier alpha value is -3.04. The molecule has 2 aromatic rings. The SMILES string of the molecule is CCOc1cc(C2C(C#N)=C(C)NC3=C2C(=O)CC(c2ccccc2)C3)cc(Br)c1O. The summed E-state index contributed by atoms with van der Waals surface area (Å²) in [5.74, 6) is -0.0286. The van der Waals surface area contributed by atoms with Crippen LogP contribution >= 0.6 is 15.9 Å². The van der Waals surface area contributed by atoms with Crippen LogP contribution in [-0.4, -0.2) is 17.5 Å². The molecular formula is C25H23BrN2O3. The number of ether oxygens (including phenoxy) is 1. The van der Waals surface area contributed by atoms with Crippen LogP contribution in [-0.2, 0) is 4.79 Å². The van der Waals surface area contributed by atoms with E-state index in [4.69, 9.17) is 4.74 Å². The lowest BCUT2D eigenvalue weighted by molar-refractivity contribution is -0.116. The summed E-state index contributed by atoms with van der Waals surface area (Å²) in [7, 11) is 0. The second-order valence-corrected chi connectivity index (χ2v) is 8.68. The number of nitrogens with zero attached hydrogens (tertiary/aromatic N) is 1. The molecule has 2 aromatic carbocycles. The minimum absolute atomic E-state index is 0.00654. The maximum Gasteiger partial charge on any atom is 0.172 e. The molecule has 31 heavy (non-hydrogen) atoms. The molecule has 0 fully saturated rings. The van der Waals surface area contributed by atoms with Crippen LogP contribution in [0.15, 0.2) is 69.5 Å². The van der Waals surface area contributed by atoms with Crippen LogP contribution in [0, 0.1) is 11.3 Å². The third kappa shape index (κ3) is 3.86. The van der Waals surface area contributed by atoms with Gasteiger partial charge >= 0.3 is 0 Å². The Labute approximate surface area is 190 Å². The molecule has 0 radical (unpaired) electrons. The quantitative estimate of drug-likeness (QED) is 0.611. The first kappa shape index (κ1) is 21.2. The fourth-order valence-corrected chi connectivity index (χ4v) is 4.97. The third-order valence-electron chi connectivity index (χ3n) is 5.90. The molecular weight excluding hydrogens is 456 g/mol. The monoisotopic (exact) mass is 478 g/mol. The van der Waals surface area contributed by atoms with Crippen molar-refractivity contribution >= 4 is 21.7 Å². The number of ketones is 1. The second kappa shape index (κ2) is 8.60. The number of rotatable bonds is 4. The summed E-state index contributed by atoms with van der Waals surface area (Å²) in [6, 6.07) is 15.8. The molecule has 158 valence electrons. The van der Waals surface area contributed by atoms with E-state index >= 15 is 0 Å². The normalized spacial score (nSPS) is 20.8. The zero-order chi connectivity index (χ0) is 22.1. The smallest absolute Gasteiger partial charge is 0.172 e. The van der Waals surface area contributed by atoms with Gasteiger partial charge in [-0.3, -0.25) is 4.79 Å². The van der Waals surface area contributed by atoms with E-state index in [1.807, 2.05) is 32.0 Å². The Bertz CT molecular complexity index is 1150. The zero-order valence-electron chi connectivity index (χ0n) is 17.4. The highest BCUT2D eigenvalue weighted by Crippen LogP contribution is 2.47. The van der Waals surface area contributed by atoms with E-state index in [1.165, 1.54) is 0 Å². The molecule has 2 N–H and O–H groups in total. The van der Waals surface area contributed by atoms with Gasteiger partial charge in [-0.15, -0.1) is 0 Å².